The minimum atomic E-state index is -6.54. The van der Waals surface area contributed by atoms with Gasteiger partial charge in [-0.3, -0.25) is 14.4 Å². The van der Waals surface area contributed by atoms with Gasteiger partial charge in [0.2, 0.25) is 0 Å². The number of rotatable bonds is 32. The summed E-state index contributed by atoms with van der Waals surface area (Å²) >= 11 is 1.62. The summed E-state index contributed by atoms with van der Waals surface area (Å²) in [4.78, 5) is 46.4. The molecule has 2 saturated carbocycles. The number of carbonyl (C=O) groups is 4. The van der Waals surface area contributed by atoms with Crippen LogP contribution in [0, 0.1) is 29.6 Å². The lowest BCUT2D eigenvalue weighted by molar-refractivity contribution is -0.177. The summed E-state index contributed by atoms with van der Waals surface area (Å²) in [6.07, 6.45) is 6.83. The average Bonchev–Trinajstić information content (AvgIpc) is 1.65. The van der Waals surface area contributed by atoms with Gasteiger partial charge in [0, 0.05) is 10.5 Å². The van der Waals surface area contributed by atoms with Gasteiger partial charge in [0.1, 0.15) is 0 Å². The molecule has 1 aromatic rings. The highest BCUT2D eigenvalue weighted by atomic mass is 32.2. The van der Waals surface area contributed by atoms with Gasteiger partial charge in [-0.05, 0) is 161 Å². The van der Waals surface area contributed by atoms with Gasteiger partial charge in [-0.25, -0.2) is 38.5 Å². The number of alkyl halides is 16. The SMILES string of the molecule is CCC(C)(O)CC.CCC(C)(O)CC.CCC(C)(O)CC.CCC(C)(O)CC.O=C(OCCC(F)(F)C(F)(F)S(=O)(=O)[O-])C1CC2CCC1C2.O=C(OCCC(F)(F)C(F)(F)S(=O)(=O)[O-])C1CC2CCC1O2.O=C(OCCC(F)(F)C(F)(F)S(=O)(=O)[O-])C1CC2CCC1S2.O=C(OCCC(F)(F)C(F)(F)S(=O)(=O)[O-])c1ccccc1. The molecule has 9 atom stereocenters. The maximum Gasteiger partial charge on any atom is 0.396 e. The van der Waals surface area contributed by atoms with Crippen molar-refractivity contribution in [3.8, 4) is 0 Å². The molecule has 4 aliphatic heterocycles. The molecule has 0 radical (unpaired) electrons. The highest BCUT2D eigenvalue weighted by Crippen LogP contribution is 2.52. The van der Waals surface area contributed by atoms with E-state index in [1.165, 1.54) is 24.3 Å². The predicted molar refractivity (Wildman–Crippen MR) is 379 cm³/mol. The van der Waals surface area contributed by atoms with Crippen molar-refractivity contribution in [1.82, 2.24) is 0 Å². The van der Waals surface area contributed by atoms with Crippen molar-refractivity contribution < 1.29 is 185 Å². The summed E-state index contributed by atoms with van der Waals surface area (Å²) in [5, 5.41) is 13.9. The Morgan fingerprint density at radius 3 is 0.957 bits per heavy atom. The zero-order chi connectivity index (χ0) is 90.2. The van der Waals surface area contributed by atoms with E-state index in [2.05, 4.69) is 18.9 Å². The van der Waals surface area contributed by atoms with Crippen LogP contribution in [-0.4, -0.2) is 212 Å². The second-order valence-electron chi connectivity index (χ2n) is 29.2. The van der Waals surface area contributed by atoms with E-state index >= 15 is 0 Å². The first-order valence-electron chi connectivity index (χ1n) is 36.6. The molecule has 6 fully saturated rings. The zero-order valence-electron chi connectivity index (χ0n) is 65.4. The third-order valence-electron chi connectivity index (χ3n) is 20.6. The van der Waals surface area contributed by atoms with Crippen molar-refractivity contribution in [3.63, 3.8) is 0 Å². The van der Waals surface area contributed by atoms with Crippen molar-refractivity contribution in [2.45, 2.75) is 314 Å². The first kappa shape index (κ1) is 111. The lowest BCUT2D eigenvalue weighted by Crippen LogP contribution is -2.47. The fourth-order valence-corrected chi connectivity index (χ4v) is 14.3. The lowest BCUT2D eigenvalue weighted by Gasteiger charge is -2.28. The molecular weight excluding hydrogens is 1690 g/mol. The molecule has 4 heterocycles. The molecule has 0 spiro atoms. The second-order valence-corrected chi connectivity index (χ2v) is 36.5. The summed E-state index contributed by atoms with van der Waals surface area (Å²) in [5.74, 6) is -24.8. The standard InChI is InChI=1S/C12H16F4O5S.C11H14F4O6S.C11H14F4O5S2.C11H10F4O5S.4C6H14O/c13-11(14,12(15,16)22(18,19)20)3-4-21-10(17)9-6-7-1-2-8(9)5-7;2*12-10(13,11(14,15)22(17,18)19)3-4-20-9(16)7-5-6-1-2-8(7)21-6;12-10(13,11(14,15)21(17,18)19)6-7-20-9(16)8-4-2-1-3-5-8;4*1-4-6(3,7)5-2/h7-9H,1-6H2,(H,18,19,20);2*6-8H,1-5H2,(H,17,18,19);1-5H,6-7H2,(H,17,18,19);4*7H,4-5H2,1-3H3/p-4. The monoisotopic (exact) mass is 1800 g/mol. The van der Waals surface area contributed by atoms with E-state index in [9.17, 15) is 141 Å². The first-order chi connectivity index (χ1) is 51.8. The fourth-order valence-electron chi connectivity index (χ4n) is 10.7. The van der Waals surface area contributed by atoms with Gasteiger partial charge in [-0.1, -0.05) is 80.0 Å². The number of carbonyl (C=O) groups excluding carboxylic acids is 4. The van der Waals surface area contributed by atoms with Crippen LogP contribution in [0.5, 0.6) is 0 Å². The van der Waals surface area contributed by atoms with Crippen molar-refractivity contribution in [1.29, 1.82) is 0 Å². The molecule has 6 aliphatic rings. The van der Waals surface area contributed by atoms with E-state index in [0.717, 1.165) is 89.9 Å². The second kappa shape index (κ2) is 44.5. The number of ether oxygens (including phenoxy) is 5. The summed E-state index contributed by atoms with van der Waals surface area (Å²) in [7, 11) is -26.1. The molecule has 9 unspecified atom stereocenters. The van der Waals surface area contributed by atoms with E-state index in [-0.39, 0.29) is 28.9 Å². The Morgan fingerprint density at radius 2 is 0.722 bits per heavy atom. The predicted octanol–water partition coefficient (Wildman–Crippen LogP) is 13.6. The van der Waals surface area contributed by atoms with E-state index in [1.54, 1.807) is 17.8 Å². The molecule has 678 valence electrons. The van der Waals surface area contributed by atoms with Crippen LogP contribution in [0.1, 0.15) is 235 Å². The van der Waals surface area contributed by atoms with Gasteiger partial charge in [-0.2, -0.15) is 82.0 Å². The minimum Gasteiger partial charge on any atom is -0.743 e. The smallest absolute Gasteiger partial charge is 0.396 e. The Kier molecular flexibility index (Phi) is 42.9. The lowest BCUT2D eigenvalue weighted by atomic mass is 9.89. The molecule has 0 aromatic heterocycles. The van der Waals surface area contributed by atoms with Crippen LogP contribution in [-0.2, 0) is 78.5 Å². The number of thioether (sulfide) groups is 1. The third kappa shape index (κ3) is 33.6. The van der Waals surface area contributed by atoms with Crippen LogP contribution in [0.15, 0.2) is 30.3 Å². The number of hydrogen-bond acceptors (Lipinski definition) is 26. The molecule has 4 saturated heterocycles. The number of fused-ring (bicyclic) bond motifs is 6. The topological polar surface area (TPSA) is 424 Å². The number of aliphatic hydroxyl groups is 4. The highest BCUT2D eigenvalue weighted by Gasteiger charge is 2.65. The Balaban J connectivity index is 0.00000135. The van der Waals surface area contributed by atoms with Crippen LogP contribution in [0.3, 0.4) is 0 Å². The van der Waals surface area contributed by atoms with E-state index < -0.39 is 201 Å². The van der Waals surface area contributed by atoms with Gasteiger partial charge >= 0.3 is 68.6 Å². The Labute approximate surface area is 664 Å². The number of benzene rings is 1. The molecule has 25 nitrogen and oxygen atoms in total. The number of esters is 4. The molecule has 115 heavy (non-hydrogen) atoms. The molecule has 1 aromatic carbocycles. The summed E-state index contributed by atoms with van der Waals surface area (Å²) in [6.45, 7) is 18.9. The Hall–Kier alpha value is -4.23. The van der Waals surface area contributed by atoms with Crippen molar-refractivity contribution in [3.05, 3.63) is 35.9 Å². The normalized spacial score (nSPS) is 21.9. The largest absolute Gasteiger partial charge is 0.743 e. The fraction of sp³-hybridized carbons (Fsp3) is 0.855. The van der Waals surface area contributed by atoms with Gasteiger partial charge in [0.15, 0.2) is 40.5 Å². The molecule has 0 amide bonds. The molecule has 46 heteroatoms. The Bertz CT molecular complexity index is 3340. The first-order valence-corrected chi connectivity index (χ1v) is 43.2. The Morgan fingerprint density at radius 1 is 0.409 bits per heavy atom. The molecule has 7 rings (SSSR count). The summed E-state index contributed by atoms with van der Waals surface area (Å²) in [5.41, 5.74) is -1.66. The van der Waals surface area contributed by atoms with Crippen LogP contribution in [0.2, 0.25) is 0 Å². The van der Waals surface area contributed by atoms with Crippen molar-refractivity contribution in [2.24, 2.45) is 29.6 Å². The van der Waals surface area contributed by atoms with Gasteiger partial charge in [0.25, 0.3) is 0 Å². The van der Waals surface area contributed by atoms with E-state index in [0.29, 0.717) is 36.9 Å². The summed E-state index contributed by atoms with van der Waals surface area (Å²) in [6, 6.07) is 7.10. The minimum absolute atomic E-state index is 0.00372. The van der Waals surface area contributed by atoms with Gasteiger partial charge < -0.3 is 62.3 Å². The maximum absolute atomic E-state index is 13.2. The zero-order valence-corrected chi connectivity index (χ0v) is 69.5. The van der Waals surface area contributed by atoms with Gasteiger partial charge in [-0.15, -0.1) is 0 Å². The molecule has 4 N–H and O–H groups in total. The summed E-state index contributed by atoms with van der Waals surface area (Å²) < 4.78 is 353. The molecular formula is C69H106F16O25S5-4. The van der Waals surface area contributed by atoms with E-state index in [4.69, 9.17) is 25.2 Å². The average molecular weight is 1800 g/mol. The highest BCUT2D eigenvalue weighted by molar-refractivity contribution is 8.01. The van der Waals surface area contributed by atoms with E-state index in [1.807, 2.05) is 83.1 Å². The molecule has 2 aliphatic carbocycles. The van der Waals surface area contributed by atoms with Crippen molar-refractivity contribution >= 4 is 76.1 Å². The maximum atomic E-state index is 13.2. The van der Waals surface area contributed by atoms with Crippen LogP contribution in [0.25, 0.3) is 0 Å². The van der Waals surface area contributed by atoms with Crippen LogP contribution < -0.4 is 0 Å². The third-order valence-corrected chi connectivity index (χ3v) is 26.0. The van der Waals surface area contributed by atoms with Crippen LogP contribution in [0.4, 0.5) is 70.2 Å². The van der Waals surface area contributed by atoms with Gasteiger partial charge in [0.05, 0.1) is 110 Å². The van der Waals surface area contributed by atoms with Crippen molar-refractivity contribution in [2.75, 3.05) is 26.4 Å². The number of halogens is 16. The molecule has 6 bridgehead atoms. The number of hydrogen-bond donors (Lipinski definition) is 4. The quantitative estimate of drug-likeness (QED) is 0.0225. The van der Waals surface area contributed by atoms with Crippen LogP contribution >= 0.6 is 11.8 Å².